The van der Waals surface area contributed by atoms with Crippen LogP contribution in [0.1, 0.15) is 45.7 Å². The van der Waals surface area contributed by atoms with Crippen molar-refractivity contribution < 1.29 is 45.9 Å². The van der Waals surface area contributed by atoms with E-state index in [9.17, 15) is 18.0 Å². The molecule has 0 saturated carbocycles. The number of imide groups is 1. The molecule has 0 bridgehead atoms. The number of carbonyl (C=O) groups is 2. The van der Waals surface area contributed by atoms with E-state index >= 15 is 0 Å². The van der Waals surface area contributed by atoms with Crippen LogP contribution >= 0.6 is 0 Å². The molecule has 3 aliphatic rings. The van der Waals surface area contributed by atoms with Crippen LogP contribution in [0.15, 0.2) is 77.7 Å². The van der Waals surface area contributed by atoms with Gasteiger partial charge in [-0.1, -0.05) is 42.0 Å². The molecule has 2 amide bonds. The van der Waals surface area contributed by atoms with E-state index in [0.717, 1.165) is 16.0 Å². The molecule has 3 aromatic rings. The fourth-order valence-corrected chi connectivity index (χ4v) is 6.62. The van der Waals surface area contributed by atoms with E-state index in [0.29, 0.717) is 5.75 Å². The highest BCUT2D eigenvalue weighted by molar-refractivity contribution is 7.86. The molecule has 2 fully saturated rings. The number of nitrogens with zero attached hydrogens (tertiary/aromatic N) is 1. The quantitative estimate of drug-likeness (QED) is 0.256. The van der Waals surface area contributed by atoms with Gasteiger partial charge in [0.1, 0.15) is 30.1 Å². The average Bonchev–Trinajstić information content (AvgIpc) is 3.47. The highest BCUT2D eigenvalue weighted by atomic mass is 32.2. The zero-order valence-corrected chi connectivity index (χ0v) is 25.5. The minimum atomic E-state index is -4.14. The molecule has 3 aliphatic heterocycles. The Hall–Kier alpha value is -3.65. The molecule has 3 heterocycles. The summed E-state index contributed by atoms with van der Waals surface area (Å²) in [4.78, 5) is 28.4. The highest BCUT2D eigenvalue weighted by Gasteiger charge is 2.60. The monoisotopic (exact) mass is 623 g/mol. The number of carbonyl (C=O) groups excluding carboxylic acids is 2. The number of amides is 2. The molecule has 44 heavy (non-hydrogen) atoms. The lowest BCUT2D eigenvalue weighted by atomic mass is 9.95. The maximum atomic E-state index is 13.6. The first-order valence-corrected chi connectivity index (χ1v) is 15.6. The van der Waals surface area contributed by atoms with Gasteiger partial charge in [-0.25, -0.2) is 0 Å². The Morgan fingerprint density at radius 1 is 0.864 bits per heavy atom. The van der Waals surface area contributed by atoms with Crippen molar-refractivity contribution in [1.82, 2.24) is 4.90 Å². The van der Waals surface area contributed by atoms with Crippen molar-refractivity contribution in [2.75, 3.05) is 13.7 Å². The third kappa shape index (κ3) is 5.76. The molecule has 3 aromatic carbocycles. The second-order valence-corrected chi connectivity index (χ2v) is 13.0. The smallest absolute Gasteiger partial charge is 0.297 e. The minimum Gasteiger partial charge on any atom is -0.497 e. The third-order valence-corrected chi connectivity index (χ3v) is 9.14. The molecule has 0 radical (unpaired) electrons. The Kier molecular flexibility index (Phi) is 8.07. The molecule has 232 valence electrons. The van der Waals surface area contributed by atoms with Crippen LogP contribution in [-0.2, 0) is 39.9 Å². The largest absolute Gasteiger partial charge is 0.497 e. The van der Waals surface area contributed by atoms with E-state index in [4.69, 9.17) is 27.9 Å². The maximum Gasteiger partial charge on any atom is 0.297 e. The van der Waals surface area contributed by atoms with Crippen LogP contribution in [-0.4, -0.2) is 75.3 Å². The molecule has 1 unspecified atom stereocenters. The van der Waals surface area contributed by atoms with Gasteiger partial charge in [0.25, 0.3) is 21.9 Å². The van der Waals surface area contributed by atoms with Crippen molar-refractivity contribution in [3.8, 4) is 5.75 Å². The van der Waals surface area contributed by atoms with Crippen LogP contribution in [0.5, 0.6) is 5.75 Å². The molecule has 2 saturated heterocycles. The van der Waals surface area contributed by atoms with Gasteiger partial charge >= 0.3 is 0 Å². The van der Waals surface area contributed by atoms with E-state index in [2.05, 4.69) is 0 Å². The van der Waals surface area contributed by atoms with Crippen molar-refractivity contribution in [3.63, 3.8) is 0 Å². The molecular formula is C32H33NO10S. The molecular weight excluding hydrogens is 590 g/mol. The fraction of sp³-hybridized carbons (Fsp3) is 0.375. The van der Waals surface area contributed by atoms with E-state index in [-0.39, 0.29) is 22.6 Å². The zero-order valence-electron chi connectivity index (χ0n) is 24.7. The van der Waals surface area contributed by atoms with Crippen LogP contribution in [0.2, 0.25) is 0 Å². The van der Waals surface area contributed by atoms with Crippen LogP contribution in [0.4, 0.5) is 0 Å². The zero-order chi connectivity index (χ0) is 31.2. The van der Waals surface area contributed by atoms with Gasteiger partial charge in [-0.2, -0.15) is 8.42 Å². The summed E-state index contributed by atoms with van der Waals surface area (Å²) in [5.41, 5.74) is 2.19. The predicted molar refractivity (Wildman–Crippen MR) is 155 cm³/mol. The summed E-state index contributed by atoms with van der Waals surface area (Å²) in [5.74, 6) is -1.50. The topological polar surface area (TPSA) is 127 Å². The van der Waals surface area contributed by atoms with E-state index in [1.165, 1.54) is 12.1 Å². The molecule has 11 nitrogen and oxygen atoms in total. The van der Waals surface area contributed by atoms with Gasteiger partial charge in [0.2, 0.25) is 0 Å². The first-order chi connectivity index (χ1) is 21.0. The number of hydrogen-bond donors (Lipinski definition) is 0. The lowest BCUT2D eigenvalue weighted by Crippen LogP contribution is -2.65. The minimum absolute atomic E-state index is 0.00409. The van der Waals surface area contributed by atoms with Gasteiger partial charge in [-0.15, -0.1) is 0 Å². The van der Waals surface area contributed by atoms with Crippen molar-refractivity contribution in [1.29, 1.82) is 0 Å². The normalized spacial score (nSPS) is 26.0. The first kappa shape index (κ1) is 30.4. The van der Waals surface area contributed by atoms with Gasteiger partial charge in [-0.3, -0.25) is 18.7 Å². The van der Waals surface area contributed by atoms with Crippen LogP contribution in [0.25, 0.3) is 0 Å². The molecule has 0 spiro atoms. The Morgan fingerprint density at radius 2 is 1.48 bits per heavy atom. The number of hydrogen-bond acceptors (Lipinski definition) is 10. The van der Waals surface area contributed by atoms with Crippen molar-refractivity contribution in [3.05, 3.63) is 95.1 Å². The lowest BCUT2D eigenvalue weighted by molar-refractivity contribution is -0.262. The molecule has 6 rings (SSSR count). The molecule has 0 aliphatic carbocycles. The Labute approximate surface area is 255 Å². The Balaban J connectivity index is 1.32. The predicted octanol–water partition coefficient (Wildman–Crippen LogP) is 3.84. The van der Waals surface area contributed by atoms with Crippen molar-refractivity contribution in [2.24, 2.45) is 0 Å². The molecule has 5 atom stereocenters. The summed E-state index contributed by atoms with van der Waals surface area (Å²) in [6.07, 6.45) is -4.02. The first-order valence-electron chi connectivity index (χ1n) is 14.2. The molecule has 0 aromatic heterocycles. The van der Waals surface area contributed by atoms with Crippen LogP contribution < -0.4 is 4.74 Å². The average molecular weight is 624 g/mol. The van der Waals surface area contributed by atoms with E-state index < -0.39 is 65.0 Å². The highest BCUT2D eigenvalue weighted by Crippen LogP contribution is 2.42. The number of rotatable bonds is 9. The van der Waals surface area contributed by atoms with Crippen molar-refractivity contribution >= 4 is 21.9 Å². The molecule has 12 heteroatoms. The van der Waals surface area contributed by atoms with Crippen LogP contribution in [0.3, 0.4) is 0 Å². The summed E-state index contributed by atoms with van der Waals surface area (Å²) in [5, 5.41) is 0. The number of aryl methyl sites for hydroxylation is 1. The lowest BCUT2D eigenvalue weighted by Gasteiger charge is -2.44. The SMILES string of the molecule is COc1ccc(COC2O[C@H](COS(=O)(=O)c3ccc(C)cc3)[C@@H]3OC(C)(C)O[C@@H]3[C@H]2N2C(=O)c3ccccc3C2=O)cc1. The Bertz CT molecular complexity index is 1620. The Morgan fingerprint density at radius 3 is 2.09 bits per heavy atom. The summed E-state index contributed by atoms with van der Waals surface area (Å²) in [6, 6.07) is 19.0. The number of benzene rings is 3. The van der Waals surface area contributed by atoms with E-state index in [1.54, 1.807) is 69.5 Å². The summed E-state index contributed by atoms with van der Waals surface area (Å²) in [6.45, 7) is 4.86. The summed E-state index contributed by atoms with van der Waals surface area (Å²) < 4.78 is 61.9. The number of methoxy groups -OCH3 is 1. The van der Waals surface area contributed by atoms with Gasteiger partial charge in [0.15, 0.2) is 12.1 Å². The standard InChI is InChI=1S/C32H33NO10S/c1-19-9-15-22(16-10-19)44(36,37)40-18-25-27-28(43-32(2,3)42-27)26(33-29(34)23-7-5-6-8-24(23)30(33)35)31(41-25)39-17-20-11-13-21(38-4)14-12-20/h5-16,25-28,31H,17-18H2,1-4H3/t25-,26-,27+,28-,31?/m1/s1. The van der Waals surface area contributed by atoms with Gasteiger partial charge in [0.05, 0.1) is 36.3 Å². The maximum absolute atomic E-state index is 13.6. The van der Waals surface area contributed by atoms with Crippen LogP contribution in [0, 0.1) is 6.92 Å². The summed E-state index contributed by atoms with van der Waals surface area (Å²) in [7, 11) is -2.58. The number of ether oxygens (including phenoxy) is 5. The third-order valence-electron chi connectivity index (χ3n) is 7.85. The van der Waals surface area contributed by atoms with Crippen molar-refractivity contribution in [2.45, 2.75) is 68.7 Å². The van der Waals surface area contributed by atoms with Gasteiger partial charge in [-0.05, 0) is 62.7 Å². The van der Waals surface area contributed by atoms with Gasteiger partial charge < -0.3 is 23.7 Å². The fourth-order valence-electron chi connectivity index (χ4n) is 5.70. The second-order valence-electron chi connectivity index (χ2n) is 11.3. The number of fused-ring (bicyclic) bond motifs is 2. The van der Waals surface area contributed by atoms with Gasteiger partial charge in [0, 0.05) is 0 Å². The summed E-state index contributed by atoms with van der Waals surface area (Å²) >= 11 is 0. The van der Waals surface area contributed by atoms with E-state index in [1.807, 2.05) is 19.1 Å². The molecule has 0 N–H and O–H groups in total. The second kappa shape index (κ2) is 11.7.